The van der Waals surface area contributed by atoms with Crippen LogP contribution in [0.4, 0.5) is 17.6 Å². The van der Waals surface area contributed by atoms with Crippen LogP contribution in [-0.4, -0.2) is 50.1 Å². The summed E-state index contributed by atoms with van der Waals surface area (Å²) in [5, 5.41) is 0. The SMILES string of the molecule is CCCCOC1CCC(C2CCC(OCC)C(F)C2F)C(F)C1F. The van der Waals surface area contributed by atoms with Gasteiger partial charge in [-0.05, 0) is 50.9 Å². The number of rotatable bonds is 7. The maximum absolute atomic E-state index is 14.6. The largest absolute Gasteiger partial charge is 0.375 e. The fourth-order valence-electron chi connectivity index (χ4n) is 4.08. The number of halogens is 4. The molecule has 2 aliphatic rings. The molecule has 0 heterocycles. The molecule has 0 N–H and O–H groups in total. The van der Waals surface area contributed by atoms with E-state index < -0.39 is 48.7 Å². The smallest absolute Gasteiger partial charge is 0.157 e. The van der Waals surface area contributed by atoms with Crippen LogP contribution in [0.1, 0.15) is 52.4 Å². The predicted octanol–water partition coefficient (Wildman–Crippen LogP) is 4.75. The van der Waals surface area contributed by atoms with Crippen LogP contribution in [-0.2, 0) is 9.47 Å². The summed E-state index contributed by atoms with van der Waals surface area (Å²) in [6.07, 6.45) is -5.48. The van der Waals surface area contributed by atoms with Gasteiger partial charge in [0.05, 0.1) is 12.2 Å². The van der Waals surface area contributed by atoms with Crippen molar-refractivity contribution in [1.29, 1.82) is 0 Å². The van der Waals surface area contributed by atoms with E-state index in [1.807, 2.05) is 6.92 Å². The standard InChI is InChI=1S/C18H30F4O2/c1-3-5-10-24-14-9-7-12(16(20)18(14)22)11-6-8-13(23-4-2)17(21)15(11)19/h11-18H,3-10H2,1-2H3. The molecule has 8 unspecified atom stereocenters. The normalized spacial score (nSPS) is 43.8. The molecule has 2 rings (SSSR count). The molecule has 142 valence electrons. The van der Waals surface area contributed by atoms with E-state index in [0.29, 0.717) is 38.9 Å². The van der Waals surface area contributed by atoms with Crippen molar-refractivity contribution in [2.24, 2.45) is 11.8 Å². The van der Waals surface area contributed by atoms with Gasteiger partial charge in [-0.2, -0.15) is 0 Å². The van der Waals surface area contributed by atoms with Gasteiger partial charge in [0.25, 0.3) is 0 Å². The first-order valence-corrected chi connectivity index (χ1v) is 9.30. The molecular weight excluding hydrogens is 324 g/mol. The van der Waals surface area contributed by atoms with Crippen molar-refractivity contribution in [2.75, 3.05) is 13.2 Å². The molecule has 0 aromatic carbocycles. The zero-order valence-corrected chi connectivity index (χ0v) is 14.6. The van der Waals surface area contributed by atoms with E-state index in [9.17, 15) is 17.6 Å². The third-order valence-electron chi connectivity index (χ3n) is 5.47. The topological polar surface area (TPSA) is 18.5 Å². The Morgan fingerprint density at radius 3 is 1.67 bits per heavy atom. The van der Waals surface area contributed by atoms with Gasteiger partial charge in [-0.1, -0.05) is 13.3 Å². The molecule has 0 spiro atoms. The van der Waals surface area contributed by atoms with Crippen LogP contribution in [0.15, 0.2) is 0 Å². The summed E-state index contributed by atoms with van der Waals surface area (Å²) >= 11 is 0. The minimum atomic E-state index is -1.79. The molecule has 6 heteroatoms. The molecule has 2 nitrogen and oxygen atoms in total. The number of hydrogen-bond acceptors (Lipinski definition) is 2. The molecule has 0 aromatic rings. The Balaban J connectivity index is 1.93. The Kier molecular flexibility index (Phi) is 7.79. The van der Waals surface area contributed by atoms with Gasteiger partial charge in [0.2, 0.25) is 0 Å². The van der Waals surface area contributed by atoms with E-state index in [-0.39, 0.29) is 0 Å². The third kappa shape index (κ3) is 4.43. The van der Waals surface area contributed by atoms with Crippen LogP contribution in [0.3, 0.4) is 0 Å². The minimum Gasteiger partial charge on any atom is -0.375 e. The van der Waals surface area contributed by atoms with Gasteiger partial charge in [0, 0.05) is 13.2 Å². The van der Waals surface area contributed by atoms with Gasteiger partial charge >= 0.3 is 0 Å². The number of hydrogen-bond donors (Lipinski definition) is 0. The van der Waals surface area contributed by atoms with E-state index in [2.05, 4.69) is 0 Å². The Bertz CT molecular complexity index is 371. The van der Waals surface area contributed by atoms with Crippen molar-refractivity contribution in [3.8, 4) is 0 Å². The number of ether oxygens (including phenoxy) is 2. The summed E-state index contributed by atoms with van der Waals surface area (Å²) < 4.78 is 68.2. The zero-order chi connectivity index (χ0) is 17.7. The van der Waals surface area contributed by atoms with Crippen LogP contribution in [0.25, 0.3) is 0 Å². The van der Waals surface area contributed by atoms with Gasteiger partial charge < -0.3 is 9.47 Å². The Morgan fingerprint density at radius 2 is 1.21 bits per heavy atom. The molecule has 2 aliphatic carbocycles. The van der Waals surface area contributed by atoms with Gasteiger partial charge in [-0.25, -0.2) is 17.6 Å². The van der Waals surface area contributed by atoms with E-state index in [0.717, 1.165) is 12.8 Å². The maximum atomic E-state index is 14.6. The van der Waals surface area contributed by atoms with Crippen LogP contribution in [0.2, 0.25) is 0 Å². The molecular formula is C18H30F4O2. The molecule has 2 fully saturated rings. The summed E-state index contributed by atoms with van der Waals surface area (Å²) in [5.41, 5.74) is 0. The Labute approximate surface area is 142 Å². The van der Waals surface area contributed by atoms with Crippen molar-refractivity contribution in [3.63, 3.8) is 0 Å². The first kappa shape index (κ1) is 20.0. The minimum absolute atomic E-state index is 0.320. The quantitative estimate of drug-likeness (QED) is 0.485. The Hall–Kier alpha value is -0.360. The molecule has 2 saturated carbocycles. The molecule has 8 atom stereocenters. The van der Waals surface area contributed by atoms with E-state index in [1.54, 1.807) is 6.92 Å². The monoisotopic (exact) mass is 354 g/mol. The van der Waals surface area contributed by atoms with Crippen molar-refractivity contribution >= 4 is 0 Å². The molecule has 0 aliphatic heterocycles. The summed E-state index contributed by atoms with van der Waals surface area (Å²) in [6, 6.07) is 0. The summed E-state index contributed by atoms with van der Waals surface area (Å²) in [6.45, 7) is 4.47. The van der Waals surface area contributed by atoms with Crippen molar-refractivity contribution < 1.29 is 27.0 Å². The highest BCUT2D eigenvalue weighted by Gasteiger charge is 2.50. The fraction of sp³-hybridized carbons (Fsp3) is 1.00. The average Bonchev–Trinajstić information content (AvgIpc) is 2.57. The van der Waals surface area contributed by atoms with Crippen molar-refractivity contribution in [3.05, 3.63) is 0 Å². The third-order valence-corrected chi connectivity index (χ3v) is 5.47. The van der Waals surface area contributed by atoms with Crippen LogP contribution < -0.4 is 0 Å². The Morgan fingerprint density at radius 1 is 0.708 bits per heavy atom. The summed E-state index contributed by atoms with van der Waals surface area (Å²) in [4.78, 5) is 0. The van der Waals surface area contributed by atoms with Gasteiger partial charge in [-0.15, -0.1) is 0 Å². The average molecular weight is 354 g/mol. The highest BCUT2D eigenvalue weighted by atomic mass is 19.2. The predicted molar refractivity (Wildman–Crippen MR) is 85.1 cm³/mol. The number of unbranched alkanes of at least 4 members (excludes halogenated alkanes) is 1. The van der Waals surface area contributed by atoms with E-state index >= 15 is 0 Å². The van der Waals surface area contributed by atoms with Crippen molar-refractivity contribution in [2.45, 2.75) is 89.3 Å². The molecule has 0 saturated heterocycles. The van der Waals surface area contributed by atoms with Crippen LogP contribution in [0, 0.1) is 11.8 Å². The first-order chi connectivity index (χ1) is 11.5. The molecule has 24 heavy (non-hydrogen) atoms. The zero-order valence-electron chi connectivity index (χ0n) is 14.6. The summed E-state index contributed by atoms with van der Waals surface area (Å²) in [5.74, 6) is -1.55. The van der Waals surface area contributed by atoms with Crippen LogP contribution in [0.5, 0.6) is 0 Å². The molecule has 0 amide bonds. The van der Waals surface area contributed by atoms with Crippen molar-refractivity contribution in [1.82, 2.24) is 0 Å². The van der Waals surface area contributed by atoms with Crippen LogP contribution >= 0.6 is 0 Å². The summed E-state index contributed by atoms with van der Waals surface area (Å²) in [7, 11) is 0. The second kappa shape index (κ2) is 9.37. The fourth-order valence-corrected chi connectivity index (χ4v) is 4.08. The number of alkyl halides is 4. The second-order valence-corrected chi connectivity index (χ2v) is 7.02. The highest BCUT2D eigenvalue weighted by Crippen LogP contribution is 2.44. The molecule has 0 aromatic heterocycles. The van der Waals surface area contributed by atoms with Gasteiger partial charge in [-0.3, -0.25) is 0 Å². The lowest BCUT2D eigenvalue weighted by Crippen LogP contribution is -2.51. The second-order valence-electron chi connectivity index (χ2n) is 7.02. The lowest BCUT2D eigenvalue weighted by atomic mass is 9.69. The first-order valence-electron chi connectivity index (χ1n) is 9.30. The lowest BCUT2D eigenvalue weighted by molar-refractivity contribution is -0.121. The molecule has 0 bridgehead atoms. The van der Waals surface area contributed by atoms with Gasteiger partial charge in [0.1, 0.15) is 12.3 Å². The molecule has 0 radical (unpaired) electrons. The highest BCUT2D eigenvalue weighted by molar-refractivity contribution is 4.98. The lowest BCUT2D eigenvalue weighted by Gasteiger charge is -2.43. The van der Waals surface area contributed by atoms with Gasteiger partial charge in [0.15, 0.2) is 12.3 Å². The maximum Gasteiger partial charge on any atom is 0.157 e. The van der Waals surface area contributed by atoms with E-state index in [1.165, 1.54) is 0 Å². The van der Waals surface area contributed by atoms with E-state index in [4.69, 9.17) is 9.47 Å².